The van der Waals surface area contributed by atoms with Crippen molar-refractivity contribution in [3.8, 4) is 0 Å². The summed E-state index contributed by atoms with van der Waals surface area (Å²) in [6.07, 6.45) is 9.72. The zero-order chi connectivity index (χ0) is 9.47. The zero-order valence-electron chi connectivity index (χ0n) is 9.27. The lowest BCUT2D eigenvalue weighted by atomic mass is 9.80. The van der Waals surface area contributed by atoms with Gasteiger partial charge >= 0.3 is 0 Å². The normalized spacial score (nSPS) is 39.1. The van der Waals surface area contributed by atoms with Gasteiger partial charge < -0.3 is 0 Å². The lowest BCUT2D eigenvalue weighted by Crippen LogP contribution is -2.14. The van der Waals surface area contributed by atoms with Crippen molar-refractivity contribution in [2.75, 3.05) is 0 Å². The highest BCUT2D eigenvalue weighted by atomic mass is 14.5. The Hall–Kier alpha value is -0.260. The lowest BCUT2D eigenvalue weighted by Gasteiger charge is -2.24. The van der Waals surface area contributed by atoms with E-state index in [4.69, 9.17) is 0 Å². The zero-order valence-corrected chi connectivity index (χ0v) is 9.27. The second kappa shape index (κ2) is 3.15. The molecule has 2 aliphatic rings. The van der Waals surface area contributed by atoms with E-state index < -0.39 is 0 Å². The van der Waals surface area contributed by atoms with Crippen LogP contribution in [0.1, 0.15) is 52.9 Å². The topological polar surface area (TPSA) is 0 Å². The van der Waals surface area contributed by atoms with Gasteiger partial charge in [-0.1, -0.05) is 25.5 Å². The maximum atomic E-state index is 2.47. The minimum Gasteiger partial charge on any atom is -0.0850 e. The molecule has 0 aromatic heterocycles. The molecule has 1 fully saturated rings. The van der Waals surface area contributed by atoms with Gasteiger partial charge in [-0.15, -0.1) is 0 Å². The summed E-state index contributed by atoms with van der Waals surface area (Å²) in [6, 6.07) is 0. The van der Waals surface area contributed by atoms with Crippen LogP contribution in [0.15, 0.2) is 11.6 Å². The summed E-state index contributed by atoms with van der Waals surface area (Å²) >= 11 is 0. The van der Waals surface area contributed by atoms with Crippen LogP contribution in [-0.2, 0) is 0 Å². The van der Waals surface area contributed by atoms with Gasteiger partial charge in [-0.25, -0.2) is 0 Å². The molecule has 0 heterocycles. The standard InChI is InChI=1S/C13H22/c1-10(2)12-5-7-13(9-12)6-4-11(3)8-13/h4,10,12H,5-9H2,1-3H3. The van der Waals surface area contributed by atoms with Gasteiger partial charge in [-0.2, -0.15) is 0 Å². The molecule has 2 rings (SSSR count). The van der Waals surface area contributed by atoms with E-state index in [-0.39, 0.29) is 0 Å². The Kier molecular flexibility index (Phi) is 2.25. The second-order valence-electron chi connectivity index (χ2n) is 5.68. The Balaban J connectivity index is 1.99. The van der Waals surface area contributed by atoms with E-state index in [0.717, 1.165) is 17.3 Å². The molecule has 0 saturated heterocycles. The van der Waals surface area contributed by atoms with Gasteiger partial charge in [-0.3, -0.25) is 0 Å². The van der Waals surface area contributed by atoms with Crippen molar-refractivity contribution in [2.45, 2.75) is 52.9 Å². The molecule has 0 aromatic carbocycles. The molecule has 0 aromatic rings. The molecule has 1 spiro atoms. The van der Waals surface area contributed by atoms with E-state index in [2.05, 4.69) is 26.8 Å². The highest BCUT2D eigenvalue weighted by Crippen LogP contribution is 2.53. The molecule has 1 saturated carbocycles. The maximum absolute atomic E-state index is 2.47. The Morgan fingerprint density at radius 3 is 2.69 bits per heavy atom. The van der Waals surface area contributed by atoms with Gasteiger partial charge in [0.15, 0.2) is 0 Å². The fourth-order valence-corrected chi connectivity index (χ4v) is 3.29. The third kappa shape index (κ3) is 1.68. The van der Waals surface area contributed by atoms with E-state index in [9.17, 15) is 0 Å². The largest absolute Gasteiger partial charge is 0.0850 e. The Morgan fingerprint density at radius 1 is 1.46 bits per heavy atom. The smallest absolute Gasteiger partial charge is 0.0223 e. The SMILES string of the molecule is CC1=CCC2(CCC(C(C)C)C2)C1. The van der Waals surface area contributed by atoms with Gasteiger partial charge in [0.2, 0.25) is 0 Å². The average molecular weight is 178 g/mol. The van der Waals surface area contributed by atoms with Crippen molar-refractivity contribution in [3.63, 3.8) is 0 Å². The van der Waals surface area contributed by atoms with Crippen LogP contribution in [0, 0.1) is 17.3 Å². The van der Waals surface area contributed by atoms with Crippen LogP contribution >= 0.6 is 0 Å². The first-order valence-corrected chi connectivity index (χ1v) is 5.77. The summed E-state index contributed by atoms with van der Waals surface area (Å²) in [5, 5.41) is 0. The molecule has 13 heavy (non-hydrogen) atoms. The van der Waals surface area contributed by atoms with Gasteiger partial charge in [0.1, 0.15) is 0 Å². The Morgan fingerprint density at radius 2 is 2.23 bits per heavy atom. The third-order valence-electron chi connectivity index (χ3n) is 4.22. The number of allylic oxidation sites excluding steroid dienone is 2. The molecule has 0 heteroatoms. The first-order valence-electron chi connectivity index (χ1n) is 5.77. The quantitative estimate of drug-likeness (QED) is 0.529. The highest BCUT2D eigenvalue weighted by Gasteiger charge is 2.41. The van der Waals surface area contributed by atoms with Crippen LogP contribution in [-0.4, -0.2) is 0 Å². The highest BCUT2D eigenvalue weighted by molar-refractivity contribution is 5.14. The minimum atomic E-state index is 0.721. The first kappa shape index (κ1) is 9.30. The predicted octanol–water partition coefficient (Wildman–Crippen LogP) is 4.17. The van der Waals surface area contributed by atoms with Crippen LogP contribution in [0.5, 0.6) is 0 Å². The van der Waals surface area contributed by atoms with Crippen molar-refractivity contribution in [3.05, 3.63) is 11.6 Å². The van der Waals surface area contributed by atoms with E-state index in [1.807, 2.05) is 0 Å². The van der Waals surface area contributed by atoms with Crippen molar-refractivity contribution in [2.24, 2.45) is 17.3 Å². The lowest BCUT2D eigenvalue weighted by molar-refractivity contribution is 0.282. The number of rotatable bonds is 1. The monoisotopic (exact) mass is 178 g/mol. The summed E-state index contributed by atoms with van der Waals surface area (Å²) in [4.78, 5) is 0. The van der Waals surface area contributed by atoms with Crippen molar-refractivity contribution in [1.82, 2.24) is 0 Å². The minimum absolute atomic E-state index is 0.721. The van der Waals surface area contributed by atoms with Crippen molar-refractivity contribution in [1.29, 1.82) is 0 Å². The summed E-state index contributed by atoms with van der Waals surface area (Å²) in [7, 11) is 0. The predicted molar refractivity (Wildman–Crippen MR) is 57.6 cm³/mol. The summed E-state index contributed by atoms with van der Waals surface area (Å²) < 4.78 is 0. The third-order valence-corrected chi connectivity index (χ3v) is 4.22. The number of hydrogen-bond donors (Lipinski definition) is 0. The average Bonchev–Trinajstić information content (AvgIpc) is 2.61. The molecule has 0 bridgehead atoms. The van der Waals surface area contributed by atoms with Gasteiger partial charge in [0, 0.05) is 0 Å². The van der Waals surface area contributed by atoms with Gasteiger partial charge in [0.25, 0.3) is 0 Å². The van der Waals surface area contributed by atoms with Crippen LogP contribution in [0.2, 0.25) is 0 Å². The van der Waals surface area contributed by atoms with Crippen LogP contribution in [0.3, 0.4) is 0 Å². The molecule has 0 nitrogen and oxygen atoms in total. The molecule has 2 aliphatic carbocycles. The van der Waals surface area contributed by atoms with Crippen LogP contribution in [0.25, 0.3) is 0 Å². The van der Waals surface area contributed by atoms with E-state index >= 15 is 0 Å². The Labute approximate surface area is 82.4 Å². The first-order chi connectivity index (χ1) is 6.11. The van der Waals surface area contributed by atoms with Crippen LogP contribution < -0.4 is 0 Å². The van der Waals surface area contributed by atoms with Gasteiger partial charge in [-0.05, 0) is 56.3 Å². The fraction of sp³-hybridized carbons (Fsp3) is 0.846. The van der Waals surface area contributed by atoms with Crippen molar-refractivity contribution >= 4 is 0 Å². The Bertz CT molecular complexity index is 224. The molecule has 0 amide bonds. The molecular weight excluding hydrogens is 156 g/mol. The fourth-order valence-electron chi connectivity index (χ4n) is 3.29. The van der Waals surface area contributed by atoms with Crippen molar-refractivity contribution < 1.29 is 0 Å². The molecule has 2 unspecified atom stereocenters. The van der Waals surface area contributed by atoms with E-state index in [0.29, 0.717) is 0 Å². The molecule has 0 radical (unpaired) electrons. The van der Waals surface area contributed by atoms with Gasteiger partial charge in [0.05, 0.1) is 0 Å². The number of hydrogen-bond acceptors (Lipinski definition) is 0. The molecule has 2 atom stereocenters. The summed E-state index contributed by atoms with van der Waals surface area (Å²) in [5.74, 6) is 1.92. The maximum Gasteiger partial charge on any atom is -0.0223 e. The molecule has 74 valence electrons. The second-order valence-corrected chi connectivity index (χ2v) is 5.68. The van der Waals surface area contributed by atoms with E-state index in [1.54, 1.807) is 5.57 Å². The molecule has 0 N–H and O–H groups in total. The summed E-state index contributed by atoms with van der Waals surface area (Å²) in [6.45, 7) is 7.08. The molecule has 0 aliphatic heterocycles. The van der Waals surface area contributed by atoms with Crippen LogP contribution in [0.4, 0.5) is 0 Å². The molecular formula is C13H22. The van der Waals surface area contributed by atoms with E-state index in [1.165, 1.54) is 32.1 Å². The summed E-state index contributed by atoms with van der Waals surface area (Å²) in [5.41, 5.74) is 2.36.